The Bertz CT molecular complexity index is 1440. The molecule has 8 heteroatoms. The summed E-state index contributed by atoms with van der Waals surface area (Å²) in [5.41, 5.74) is 5.83. The highest BCUT2D eigenvalue weighted by molar-refractivity contribution is 5.90. The number of carbonyl (C=O) groups excluding carboxylic acids is 1. The highest BCUT2D eigenvalue weighted by Gasteiger charge is 2.45. The fourth-order valence-corrected chi connectivity index (χ4v) is 7.38. The van der Waals surface area contributed by atoms with Crippen molar-refractivity contribution in [2.24, 2.45) is 0 Å². The molecule has 0 atom stereocenters. The van der Waals surface area contributed by atoms with Crippen molar-refractivity contribution in [3.63, 3.8) is 0 Å². The van der Waals surface area contributed by atoms with Crippen molar-refractivity contribution in [3.8, 4) is 17.3 Å². The summed E-state index contributed by atoms with van der Waals surface area (Å²) in [5, 5.41) is 0.922. The molecular weight excluding hydrogens is 500 g/mol. The lowest BCUT2D eigenvalue weighted by Crippen LogP contribution is -2.48. The molecule has 3 fully saturated rings. The molecule has 3 aromatic rings. The number of carbonyl (C=O) groups is 1. The highest BCUT2D eigenvalue weighted by Crippen LogP contribution is 2.39. The zero-order valence-corrected chi connectivity index (χ0v) is 23.3. The van der Waals surface area contributed by atoms with Crippen LogP contribution in [0.4, 0.5) is 5.82 Å². The third-order valence-electron chi connectivity index (χ3n) is 9.54. The van der Waals surface area contributed by atoms with Crippen LogP contribution in [0.3, 0.4) is 0 Å². The summed E-state index contributed by atoms with van der Waals surface area (Å²) in [4.78, 5) is 33.8. The van der Waals surface area contributed by atoms with E-state index in [1.165, 1.54) is 61.3 Å². The van der Waals surface area contributed by atoms with Gasteiger partial charge in [-0.1, -0.05) is 24.8 Å². The molecule has 0 radical (unpaired) electrons. The van der Waals surface area contributed by atoms with E-state index in [9.17, 15) is 4.79 Å². The molecule has 0 bridgehead atoms. The average molecular weight is 539 g/mol. The number of ether oxygens (including phenoxy) is 1. The average Bonchev–Trinajstić information content (AvgIpc) is 3.59. The molecule has 5 heterocycles. The number of amides is 1. The van der Waals surface area contributed by atoms with Crippen molar-refractivity contribution in [2.75, 3.05) is 50.8 Å². The van der Waals surface area contributed by atoms with E-state index in [0.717, 1.165) is 42.8 Å². The number of pyridine rings is 1. The molecule has 1 aromatic carbocycles. The summed E-state index contributed by atoms with van der Waals surface area (Å²) >= 11 is 0. The lowest BCUT2D eigenvalue weighted by Gasteiger charge is -2.35. The van der Waals surface area contributed by atoms with E-state index in [0.29, 0.717) is 44.4 Å². The molecule has 3 saturated heterocycles. The highest BCUT2D eigenvalue weighted by atomic mass is 16.5. The largest absolute Gasteiger partial charge is 0.461 e. The minimum absolute atomic E-state index is 0.0225. The van der Waals surface area contributed by atoms with E-state index >= 15 is 0 Å². The number of aryl methyl sites for hydroxylation is 1. The Morgan fingerprint density at radius 2 is 1.73 bits per heavy atom. The zero-order valence-electron chi connectivity index (χ0n) is 23.3. The van der Waals surface area contributed by atoms with E-state index in [2.05, 4.69) is 46.7 Å². The lowest BCUT2D eigenvalue weighted by molar-refractivity contribution is -0.126. The number of fused-ring (bicyclic) bond motifs is 3. The van der Waals surface area contributed by atoms with Gasteiger partial charge in [0.2, 0.25) is 5.91 Å². The maximum absolute atomic E-state index is 12.2. The number of anilines is 1. The summed E-state index contributed by atoms with van der Waals surface area (Å²) in [7, 11) is 0. The van der Waals surface area contributed by atoms with Gasteiger partial charge < -0.3 is 14.5 Å². The second kappa shape index (κ2) is 10.5. The molecule has 1 amide bonds. The van der Waals surface area contributed by atoms with Crippen LogP contribution >= 0.6 is 0 Å². The van der Waals surface area contributed by atoms with Gasteiger partial charge in [-0.2, -0.15) is 9.97 Å². The first-order chi connectivity index (χ1) is 19.6. The SMILES string of the molecule is C=CC(=O)N1CCN(c2nc(OCC34CCCN3CCC4)nc3nc(-c4cccc5c4CCCC5)ccc23)CC1. The molecule has 2 aromatic heterocycles. The minimum atomic E-state index is -0.0225. The van der Waals surface area contributed by atoms with Crippen LogP contribution < -0.4 is 9.64 Å². The monoisotopic (exact) mass is 538 g/mol. The fraction of sp³-hybridized carbons (Fsp3) is 0.500. The number of piperazine rings is 1. The third-order valence-corrected chi connectivity index (χ3v) is 9.54. The van der Waals surface area contributed by atoms with Crippen LogP contribution in [0, 0.1) is 0 Å². The molecule has 8 nitrogen and oxygen atoms in total. The van der Waals surface area contributed by atoms with Gasteiger partial charge >= 0.3 is 6.01 Å². The topological polar surface area (TPSA) is 74.7 Å². The van der Waals surface area contributed by atoms with Crippen molar-refractivity contribution in [2.45, 2.75) is 56.9 Å². The van der Waals surface area contributed by atoms with Gasteiger partial charge in [-0.05, 0) is 93.8 Å². The standard InChI is InChI=1S/C32H38N6O2/c1-2-28(39)36-18-20-37(21-19-36)30-26-12-13-27(25-11-5-9-23-8-3-4-10-24(23)25)33-29(26)34-31(35-30)40-22-32-14-6-16-38(32)17-7-15-32/h2,5,9,11-13H,1,3-4,6-8,10,14-22H2. The zero-order chi connectivity index (χ0) is 27.1. The Balaban J connectivity index is 1.25. The van der Waals surface area contributed by atoms with Crippen LogP contribution in [0.25, 0.3) is 22.3 Å². The smallest absolute Gasteiger partial charge is 0.320 e. The predicted octanol–water partition coefficient (Wildman–Crippen LogP) is 4.41. The first-order valence-corrected chi connectivity index (χ1v) is 15.0. The number of aromatic nitrogens is 3. The van der Waals surface area contributed by atoms with Crippen LogP contribution in [0.1, 0.15) is 49.7 Å². The van der Waals surface area contributed by atoms with Crippen LogP contribution in [0.2, 0.25) is 0 Å². The number of hydrogen-bond acceptors (Lipinski definition) is 7. The van der Waals surface area contributed by atoms with E-state index in [1.807, 2.05) is 4.90 Å². The second-order valence-corrected chi connectivity index (χ2v) is 11.8. The summed E-state index contributed by atoms with van der Waals surface area (Å²) < 4.78 is 6.44. The number of nitrogens with zero attached hydrogens (tertiary/aromatic N) is 6. The maximum Gasteiger partial charge on any atom is 0.320 e. The molecule has 0 unspecified atom stereocenters. The Hall–Kier alpha value is -3.52. The molecule has 40 heavy (non-hydrogen) atoms. The second-order valence-electron chi connectivity index (χ2n) is 11.8. The van der Waals surface area contributed by atoms with Gasteiger partial charge in [0.1, 0.15) is 12.4 Å². The Morgan fingerprint density at radius 3 is 2.52 bits per heavy atom. The van der Waals surface area contributed by atoms with Gasteiger partial charge in [-0.25, -0.2) is 4.98 Å². The van der Waals surface area contributed by atoms with Crippen LogP contribution in [-0.2, 0) is 17.6 Å². The van der Waals surface area contributed by atoms with Crippen molar-refractivity contribution in [3.05, 3.63) is 54.1 Å². The summed E-state index contributed by atoms with van der Waals surface area (Å²) in [6.07, 6.45) is 10.9. The van der Waals surface area contributed by atoms with Gasteiger partial charge in [0.05, 0.1) is 16.6 Å². The normalized spacial score (nSPS) is 20.4. The van der Waals surface area contributed by atoms with E-state index in [1.54, 1.807) is 0 Å². The molecular formula is C32H38N6O2. The molecule has 0 N–H and O–H groups in total. The molecule has 208 valence electrons. The minimum Gasteiger partial charge on any atom is -0.461 e. The van der Waals surface area contributed by atoms with Crippen LogP contribution in [0.5, 0.6) is 6.01 Å². The Labute approximate surface area is 236 Å². The summed E-state index contributed by atoms with van der Waals surface area (Å²) in [6, 6.07) is 11.3. The number of hydrogen-bond donors (Lipinski definition) is 0. The van der Waals surface area contributed by atoms with E-state index in [4.69, 9.17) is 19.7 Å². The van der Waals surface area contributed by atoms with Crippen LogP contribution in [-0.4, -0.2) is 82.1 Å². The van der Waals surface area contributed by atoms with E-state index < -0.39 is 0 Å². The van der Waals surface area contributed by atoms with Crippen molar-refractivity contribution < 1.29 is 9.53 Å². The summed E-state index contributed by atoms with van der Waals surface area (Å²) in [6.45, 7) is 9.23. The van der Waals surface area contributed by atoms with Gasteiger partial charge in [0.15, 0.2) is 5.65 Å². The molecule has 1 aliphatic carbocycles. The molecule has 0 spiro atoms. The Kier molecular flexibility index (Phi) is 6.66. The molecule has 0 saturated carbocycles. The Morgan fingerprint density at radius 1 is 0.925 bits per heavy atom. The molecule has 3 aliphatic heterocycles. The molecule has 7 rings (SSSR count). The van der Waals surface area contributed by atoms with Crippen molar-refractivity contribution >= 4 is 22.8 Å². The third kappa shape index (κ3) is 4.52. The van der Waals surface area contributed by atoms with Gasteiger partial charge in [-0.3, -0.25) is 9.69 Å². The van der Waals surface area contributed by atoms with Crippen molar-refractivity contribution in [1.29, 1.82) is 0 Å². The lowest BCUT2D eigenvalue weighted by atomic mass is 9.87. The van der Waals surface area contributed by atoms with Crippen LogP contribution in [0.15, 0.2) is 43.0 Å². The number of benzene rings is 1. The fourth-order valence-electron chi connectivity index (χ4n) is 7.38. The van der Waals surface area contributed by atoms with Gasteiger partial charge in [0, 0.05) is 31.7 Å². The van der Waals surface area contributed by atoms with Gasteiger partial charge in [-0.15, -0.1) is 0 Å². The molecule has 4 aliphatic rings. The maximum atomic E-state index is 12.2. The van der Waals surface area contributed by atoms with Crippen molar-refractivity contribution in [1.82, 2.24) is 24.8 Å². The summed E-state index contributed by atoms with van der Waals surface area (Å²) in [5.74, 6) is 0.817. The predicted molar refractivity (Wildman–Crippen MR) is 157 cm³/mol. The van der Waals surface area contributed by atoms with Gasteiger partial charge in [0.25, 0.3) is 0 Å². The first-order valence-electron chi connectivity index (χ1n) is 15.0. The quantitative estimate of drug-likeness (QED) is 0.431. The van der Waals surface area contributed by atoms with E-state index in [-0.39, 0.29) is 11.4 Å². The first kappa shape index (κ1) is 25.4. The number of rotatable bonds is 6.